The number of nitrogens with one attached hydrogen (secondary N) is 2. The minimum atomic E-state index is -0.114. The molecule has 2 amide bonds. The van der Waals surface area contributed by atoms with Gasteiger partial charge in [0.05, 0.1) is 16.0 Å². The fourth-order valence-electron chi connectivity index (χ4n) is 1.55. The van der Waals surface area contributed by atoms with Crippen LogP contribution in [0, 0.1) is 0 Å². The summed E-state index contributed by atoms with van der Waals surface area (Å²) in [5.41, 5.74) is 1.53. The van der Waals surface area contributed by atoms with Gasteiger partial charge in [-0.05, 0) is 24.5 Å². The first-order valence-corrected chi connectivity index (χ1v) is 7.76. The number of carbonyl (C=O) groups excluding carboxylic acids is 2. The summed E-state index contributed by atoms with van der Waals surface area (Å²) < 4.78 is 0.922. The van der Waals surface area contributed by atoms with E-state index in [1.165, 1.54) is 30.0 Å². The lowest BCUT2D eigenvalue weighted by Gasteiger charge is -1.99. The molecule has 0 radical (unpaired) electrons. The lowest BCUT2D eigenvalue weighted by molar-refractivity contribution is -0.114. The summed E-state index contributed by atoms with van der Waals surface area (Å²) in [6.07, 6.45) is 1.87. The number of amides is 2. The highest BCUT2D eigenvalue weighted by Gasteiger charge is 2.08. The molecule has 0 aliphatic heterocycles. The molecule has 2 N–H and O–H groups in total. The zero-order chi connectivity index (χ0) is 13.8. The SMILES string of the molecule is CSCC(=O)Nc1nc2ccc(NC(C)=O)cc2s1. The molecule has 7 heteroatoms. The summed E-state index contributed by atoms with van der Waals surface area (Å²) in [7, 11) is 0. The first-order chi connectivity index (χ1) is 9.08. The van der Waals surface area contributed by atoms with Gasteiger partial charge in [-0.15, -0.1) is 0 Å². The standard InChI is InChI=1S/C12H13N3O2S2/c1-7(16)13-8-3-4-9-10(5-8)19-12(14-9)15-11(17)6-18-2/h3-5H,6H2,1-2H3,(H,13,16)(H,14,15,17). The van der Waals surface area contributed by atoms with E-state index in [1.807, 2.05) is 18.4 Å². The third-order valence-corrected chi connectivity index (χ3v) is 3.72. The van der Waals surface area contributed by atoms with E-state index >= 15 is 0 Å². The van der Waals surface area contributed by atoms with Gasteiger partial charge in [-0.25, -0.2) is 4.98 Å². The van der Waals surface area contributed by atoms with Crippen LogP contribution in [0.15, 0.2) is 18.2 Å². The van der Waals surface area contributed by atoms with Crippen LogP contribution < -0.4 is 10.6 Å². The summed E-state index contributed by atoms with van der Waals surface area (Å²) in [5, 5.41) is 6.05. The van der Waals surface area contributed by atoms with Crippen LogP contribution in [0.2, 0.25) is 0 Å². The Labute approximate surface area is 118 Å². The van der Waals surface area contributed by atoms with Gasteiger partial charge in [0.1, 0.15) is 0 Å². The largest absolute Gasteiger partial charge is 0.326 e. The van der Waals surface area contributed by atoms with Crippen molar-refractivity contribution >= 4 is 55.9 Å². The first-order valence-electron chi connectivity index (χ1n) is 5.55. The number of aromatic nitrogens is 1. The van der Waals surface area contributed by atoms with Gasteiger partial charge in [0, 0.05) is 12.6 Å². The van der Waals surface area contributed by atoms with E-state index in [-0.39, 0.29) is 11.8 Å². The van der Waals surface area contributed by atoms with Crippen molar-refractivity contribution in [1.82, 2.24) is 4.98 Å². The maximum atomic E-state index is 11.5. The van der Waals surface area contributed by atoms with Crippen molar-refractivity contribution in [2.45, 2.75) is 6.92 Å². The summed E-state index contributed by atoms with van der Waals surface area (Å²) in [4.78, 5) is 26.8. The normalized spacial score (nSPS) is 10.4. The van der Waals surface area contributed by atoms with E-state index in [0.29, 0.717) is 10.9 Å². The van der Waals surface area contributed by atoms with Crippen molar-refractivity contribution in [1.29, 1.82) is 0 Å². The van der Waals surface area contributed by atoms with E-state index < -0.39 is 0 Å². The Morgan fingerprint density at radius 1 is 1.37 bits per heavy atom. The van der Waals surface area contributed by atoms with Crippen molar-refractivity contribution < 1.29 is 9.59 Å². The predicted molar refractivity (Wildman–Crippen MR) is 80.9 cm³/mol. The van der Waals surface area contributed by atoms with Crippen molar-refractivity contribution in [3.8, 4) is 0 Å². The highest BCUT2D eigenvalue weighted by molar-refractivity contribution is 7.99. The second-order valence-corrected chi connectivity index (χ2v) is 5.76. The number of carbonyl (C=O) groups is 2. The molecule has 19 heavy (non-hydrogen) atoms. The number of thioether (sulfide) groups is 1. The average molecular weight is 295 g/mol. The summed E-state index contributed by atoms with van der Waals surface area (Å²) in [6.45, 7) is 1.46. The molecule has 0 atom stereocenters. The molecular weight excluding hydrogens is 282 g/mol. The number of hydrogen-bond donors (Lipinski definition) is 2. The fourth-order valence-corrected chi connectivity index (χ4v) is 2.80. The molecule has 2 rings (SSSR count). The minimum Gasteiger partial charge on any atom is -0.326 e. The van der Waals surface area contributed by atoms with Crippen molar-refractivity contribution in [3.05, 3.63) is 18.2 Å². The summed E-state index contributed by atoms with van der Waals surface area (Å²) in [5.74, 6) is 0.235. The van der Waals surface area contributed by atoms with Crippen LogP contribution in [-0.4, -0.2) is 28.8 Å². The molecule has 0 aliphatic carbocycles. The zero-order valence-corrected chi connectivity index (χ0v) is 12.2. The number of anilines is 2. The van der Waals surface area contributed by atoms with Crippen LogP contribution in [0.3, 0.4) is 0 Å². The Morgan fingerprint density at radius 3 is 2.84 bits per heavy atom. The second-order valence-electron chi connectivity index (χ2n) is 3.86. The first kappa shape index (κ1) is 13.8. The van der Waals surface area contributed by atoms with Crippen molar-refractivity contribution in [3.63, 3.8) is 0 Å². The van der Waals surface area contributed by atoms with Gasteiger partial charge in [-0.1, -0.05) is 11.3 Å². The van der Waals surface area contributed by atoms with Gasteiger partial charge >= 0.3 is 0 Å². The molecule has 0 aliphatic rings. The Hall–Kier alpha value is -1.60. The van der Waals surface area contributed by atoms with Crippen LogP contribution >= 0.6 is 23.1 Å². The molecule has 1 aromatic carbocycles. The fraction of sp³-hybridized carbons (Fsp3) is 0.250. The van der Waals surface area contributed by atoms with Crippen molar-refractivity contribution in [2.75, 3.05) is 22.6 Å². The number of nitrogens with zero attached hydrogens (tertiary/aromatic N) is 1. The molecule has 0 bridgehead atoms. The molecule has 2 aromatic rings. The highest BCUT2D eigenvalue weighted by Crippen LogP contribution is 2.28. The maximum absolute atomic E-state index is 11.5. The zero-order valence-electron chi connectivity index (χ0n) is 10.5. The van der Waals surface area contributed by atoms with Crippen LogP contribution in [0.1, 0.15) is 6.92 Å². The number of rotatable bonds is 4. The molecule has 0 unspecified atom stereocenters. The van der Waals surface area contributed by atoms with Gasteiger partial charge in [-0.2, -0.15) is 11.8 Å². The maximum Gasteiger partial charge on any atom is 0.236 e. The van der Waals surface area contributed by atoms with Crippen LogP contribution in [0.5, 0.6) is 0 Å². The average Bonchev–Trinajstić information content (AvgIpc) is 2.69. The number of benzene rings is 1. The van der Waals surface area contributed by atoms with E-state index in [2.05, 4.69) is 15.6 Å². The topological polar surface area (TPSA) is 71.1 Å². The predicted octanol–water partition coefficient (Wildman–Crippen LogP) is 2.56. The Bertz CT molecular complexity index is 624. The van der Waals surface area contributed by atoms with Gasteiger partial charge in [0.25, 0.3) is 0 Å². The Morgan fingerprint density at radius 2 is 2.16 bits per heavy atom. The Balaban J connectivity index is 2.20. The van der Waals surface area contributed by atoms with Crippen molar-refractivity contribution in [2.24, 2.45) is 0 Å². The summed E-state index contributed by atoms with van der Waals surface area (Å²) in [6, 6.07) is 5.46. The molecular formula is C12H13N3O2S2. The Kier molecular flexibility index (Phi) is 4.39. The number of fused-ring (bicyclic) bond motifs is 1. The summed E-state index contributed by atoms with van der Waals surface area (Å²) >= 11 is 2.85. The van der Waals surface area contributed by atoms with Crippen LogP contribution in [0.4, 0.5) is 10.8 Å². The monoisotopic (exact) mass is 295 g/mol. The minimum absolute atomic E-state index is 0.0614. The third-order valence-electron chi connectivity index (χ3n) is 2.23. The smallest absolute Gasteiger partial charge is 0.236 e. The lowest BCUT2D eigenvalue weighted by atomic mass is 10.3. The van der Waals surface area contributed by atoms with E-state index in [0.717, 1.165) is 15.9 Å². The van der Waals surface area contributed by atoms with Crippen LogP contribution in [-0.2, 0) is 9.59 Å². The molecule has 5 nitrogen and oxygen atoms in total. The molecule has 1 heterocycles. The second kappa shape index (κ2) is 6.03. The van der Waals surface area contributed by atoms with Gasteiger partial charge in [0.2, 0.25) is 11.8 Å². The number of thiazole rings is 1. The van der Waals surface area contributed by atoms with Gasteiger partial charge < -0.3 is 10.6 Å². The molecule has 1 aromatic heterocycles. The van der Waals surface area contributed by atoms with E-state index in [1.54, 1.807) is 6.07 Å². The highest BCUT2D eigenvalue weighted by atomic mass is 32.2. The van der Waals surface area contributed by atoms with Gasteiger partial charge in [-0.3, -0.25) is 9.59 Å². The van der Waals surface area contributed by atoms with E-state index in [9.17, 15) is 9.59 Å². The number of hydrogen-bond acceptors (Lipinski definition) is 5. The quantitative estimate of drug-likeness (QED) is 0.909. The van der Waals surface area contributed by atoms with Crippen LogP contribution in [0.25, 0.3) is 10.2 Å². The van der Waals surface area contributed by atoms with Gasteiger partial charge in [0.15, 0.2) is 5.13 Å². The van der Waals surface area contributed by atoms with E-state index in [4.69, 9.17) is 0 Å². The molecule has 0 saturated heterocycles. The molecule has 0 fully saturated rings. The molecule has 0 saturated carbocycles. The molecule has 0 spiro atoms. The molecule has 100 valence electrons. The lowest BCUT2D eigenvalue weighted by Crippen LogP contribution is -2.13. The third kappa shape index (κ3) is 3.68.